The zero-order valence-corrected chi connectivity index (χ0v) is 17.7. The van der Waals surface area contributed by atoms with Crippen LogP contribution < -0.4 is 10.9 Å². The summed E-state index contributed by atoms with van der Waals surface area (Å²) in [4.78, 5) is 41.7. The number of pyridine rings is 1. The second-order valence-electron chi connectivity index (χ2n) is 7.33. The van der Waals surface area contributed by atoms with Gasteiger partial charge in [-0.15, -0.1) is 0 Å². The number of benzene rings is 1. The maximum absolute atomic E-state index is 12.4. The lowest BCUT2D eigenvalue weighted by Crippen LogP contribution is -2.39. The minimum absolute atomic E-state index is 0.0499. The molecule has 0 spiro atoms. The van der Waals surface area contributed by atoms with E-state index in [1.54, 1.807) is 19.1 Å². The Morgan fingerprint density at radius 3 is 2.80 bits per heavy atom. The number of ether oxygens (including phenoxy) is 1. The highest BCUT2D eigenvalue weighted by molar-refractivity contribution is 6.31. The van der Waals surface area contributed by atoms with Gasteiger partial charge in [-0.2, -0.15) is 0 Å². The minimum Gasteiger partial charge on any atom is -0.466 e. The molecular weight excluding hydrogens is 406 g/mol. The van der Waals surface area contributed by atoms with E-state index >= 15 is 0 Å². The molecule has 1 aliphatic heterocycles. The molecule has 1 fully saturated rings. The van der Waals surface area contributed by atoms with Gasteiger partial charge in [-0.1, -0.05) is 29.8 Å². The number of carbonyl (C=O) groups excluding carboxylic acids is 2. The number of likely N-dealkylation sites (tertiary alicyclic amines) is 1. The van der Waals surface area contributed by atoms with Crippen molar-refractivity contribution < 1.29 is 14.3 Å². The van der Waals surface area contributed by atoms with Crippen LogP contribution in [-0.4, -0.2) is 41.5 Å². The number of amides is 1. The third-order valence-electron chi connectivity index (χ3n) is 5.13. The smallest absolute Gasteiger partial charge is 0.310 e. The molecule has 160 valence electrons. The molecule has 0 radical (unpaired) electrons. The molecule has 7 nitrogen and oxygen atoms in total. The van der Waals surface area contributed by atoms with E-state index in [4.69, 9.17) is 16.3 Å². The normalized spacial score (nSPS) is 16.8. The zero-order valence-electron chi connectivity index (χ0n) is 16.9. The summed E-state index contributed by atoms with van der Waals surface area (Å²) >= 11 is 6.09. The van der Waals surface area contributed by atoms with Crippen LogP contribution in [0.4, 0.5) is 0 Å². The van der Waals surface area contributed by atoms with Gasteiger partial charge in [-0.25, -0.2) is 0 Å². The van der Waals surface area contributed by atoms with Crippen LogP contribution in [0.3, 0.4) is 0 Å². The quantitative estimate of drug-likeness (QED) is 0.658. The summed E-state index contributed by atoms with van der Waals surface area (Å²) in [6.07, 6.45) is 1.71. The number of nitrogens with zero attached hydrogens (tertiary/aromatic N) is 1. The summed E-state index contributed by atoms with van der Waals surface area (Å²) in [6, 6.07) is 10.5. The largest absolute Gasteiger partial charge is 0.466 e. The van der Waals surface area contributed by atoms with E-state index in [0.29, 0.717) is 30.4 Å². The predicted molar refractivity (Wildman–Crippen MR) is 114 cm³/mol. The molecule has 30 heavy (non-hydrogen) atoms. The standard InChI is InChI=1S/C22H26ClN3O4/c1-2-30-22(29)16-7-5-11-26(13-16)14-17-9-10-18(21(28)25-17)20(27)24-12-15-6-3-4-8-19(15)23/h3-4,6,8-10,16H,2,5,7,11-14H2,1H3,(H,24,27)(H,25,28). The van der Waals surface area contributed by atoms with Gasteiger partial charge < -0.3 is 15.0 Å². The summed E-state index contributed by atoms with van der Waals surface area (Å²) in [7, 11) is 0. The van der Waals surface area contributed by atoms with Crippen molar-refractivity contribution in [2.45, 2.75) is 32.9 Å². The lowest BCUT2D eigenvalue weighted by molar-refractivity contribution is -0.150. The summed E-state index contributed by atoms with van der Waals surface area (Å²) in [5.41, 5.74) is 1.09. The molecule has 2 aromatic rings. The first-order valence-corrected chi connectivity index (χ1v) is 10.5. The van der Waals surface area contributed by atoms with Crippen molar-refractivity contribution >= 4 is 23.5 Å². The fraction of sp³-hybridized carbons (Fsp3) is 0.409. The molecule has 1 unspecified atom stereocenters. The molecule has 2 heterocycles. The van der Waals surface area contributed by atoms with Crippen LogP contribution >= 0.6 is 11.6 Å². The van der Waals surface area contributed by atoms with Gasteiger partial charge in [-0.05, 0) is 50.1 Å². The van der Waals surface area contributed by atoms with Crippen LogP contribution in [0.5, 0.6) is 0 Å². The van der Waals surface area contributed by atoms with Crippen LogP contribution in [0.15, 0.2) is 41.2 Å². The number of rotatable bonds is 7. The highest BCUT2D eigenvalue weighted by Crippen LogP contribution is 2.19. The maximum atomic E-state index is 12.4. The summed E-state index contributed by atoms with van der Waals surface area (Å²) in [5.74, 6) is -0.760. The number of halogens is 1. The average molecular weight is 432 g/mol. The monoisotopic (exact) mass is 431 g/mol. The van der Waals surface area contributed by atoms with Crippen molar-refractivity contribution in [2.24, 2.45) is 5.92 Å². The molecule has 3 rings (SSSR count). The molecule has 1 aromatic carbocycles. The van der Waals surface area contributed by atoms with E-state index in [1.807, 2.05) is 18.2 Å². The van der Waals surface area contributed by atoms with Crippen molar-refractivity contribution in [1.29, 1.82) is 0 Å². The molecule has 8 heteroatoms. The van der Waals surface area contributed by atoms with E-state index in [9.17, 15) is 14.4 Å². The number of H-pyrrole nitrogens is 1. The molecule has 1 saturated heterocycles. The first kappa shape index (κ1) is 22.1. The van der Waals surface area contributed by atoms with Crippen LogP contribution in [0.2, 0.25) is 5.02 Å². The Morgan fingerprint density at radius 1 is 1.27 bits per heavy atom. The first-order chi connectivity index (χ1) is 14.5. The summed E-state index contributed by atoms with van der Waals surface area (Å²) < 4.78 is 5.13. The third-order valence-corrected chi connectivity index (χ3v) is 5.50. The van der Waals surface area contributed by atoms with Gasteiger partial charge >= 0.3 is 5.97 Å². The van der Waals surface area contributed by atoms with E-state index in [2.05, 4.69) is 15.2 Å². The number of aromatic amines is 1. The van der Waals surface area contributed by atoms with Gasteiger partial charge in [0.15, 0.2) is 0 Å². The second-order valence-corrected chi connectivity index (χ2v) is 7.73. The Hall–Kier alpha value is -2.64. The van der Waals surface area contributed by atoms with Gasteiger partial charge in [0, 0.05) is 30.4 Å². The second kappa shape index (κ2) is 10.4. The van der Waals surface area contributed by atoms with Crippen LogP contribution in [-0.2, 0) is 22.6 Å². The molecule has 2 N–H and O–H groups in total. The lowest BCUT2D eigenvalue weighted by Gasteiger charge is -2.31. The van der Waals surface area contributed by atoms with Crippen molar-refractivity contribution in [3.8, 4) is 0 Å². The SMILES string of the molecule is CCOC(=O)C1CCCN(Cc2ccc(C(=O)NCc3ccccc3Cl)c(=O)[nH]2)C1. The minimum atomic E-state index is -0.455. The Labute approximate surface area is 180 Å². The van der Waals surface area contributed by atoms with Crippen LogP contribution in [0.1, 0.15) is 41.4 Å². The molecule has 1 aliphatic rings. The van der Waals surface area contributed by atoms with Gasteiger partial charge in [-0.3, -0.25) is 19.3 Å². The third kappa shape index (κ3) is 5.70. The topological polar surface area (TPSA) is 91.5 Å². The Morgan fingerprint density at radius 2 is 2.07 bits per heavy atom. The van der Waals surface area contributed by atoms with Crippen molar-refractivity contribution in [1.82, 2.24) is 15.2 Å². The Bertz CT molecular complexity index is 959. The van der Waals surface area contributed by atoms with E-state index < -0.39 is 11.5 Å². The molecule has 1 amide bonds. The van der Waals surface area contributed by atoms with Gasteiger partial charge in [0.25, 0.3) is 11.5 Å². The molecule has 0 aliphatic carbocycles. The van der Waals surface area contributed by atoms with E-state index in [1.165, 1.54) is 6.07 Å². The lowest BCUT2D eigenvalue weighted by atomic mass is 9.98. The van der Waals surface area contributed by atoms with Gasteiger partial charge in [0.05, 0.1) is 12.5 Å². The number of aromatic nitrogens is 1. The molecular formula is C22H26ClN3O4. The molecule has 0 bridgehead atoms. The highest BCUT2D eigenvalue weighted by Gasteiger charge is 2.27. The fourth-order valence-electron chi connectivity index (χ4n) is 3.59. The number of hydrogen-bond donors (Lipinski definition) is 2. The molecule has 1 atom stereocenters. The van der Waals surface area contributed by atoms with Crippen LogP contribution in [0.25, 0.3) is 0 Å². The maximum Gasteiger partial charge on any atom is 0.310 e. The van der Waals surface area contributed by atoms with E-state index in [-0.39, 0.29) is 24.0 Å². The van der Waals surface area contributed by atoms with Gasteiger partial charge in [0.2, 0.25) is 0 Å². The fourth-order valence-corrected chi connectivity index (χ4v) is 3.79. The van der Waals surface area contributed by atoms with Gasteiger partial charge in [0.1, 0.15) is 5.56 Å². The molecule has 1 aromatic heterocycles. The average Bonchev–Trinajstić information content (AvgIpc) is 2.73. The summed E-state index contributed by atoms with van der Waals surface area (Å²) in [6.45, 7) is 4.37. The number of carbonyl (C=O) groups is 2. The van der Waals surface area contributed by atoms with Crippen molar-refractivity contribution in [3.63, 3.8) is 0 Å². The number of piperidine rings is 1. The first-order valence-electron chi connectivity index (χ1n) is 10.1. The van der Waals surface area contributed by atoms with Crippen molar-refractivity contribution in [2.75, 3.05) is 19.7 Å². The summed E-state index contributed by atoms with van der Waals surface area (Å²) in [5, 5.41) is 3.28. The number of hydrogen-bond acceptors (Lipinski definition) is 5. The van der Waals surface area contributed by atoms with Crippen molar-refractivity contribution in [3.05, 3.63) is 68.6 Å². The number of esters is 1. The van der Waals surface area contributed by atoms with Crippen LogP contribution in [0, 0.1) is 5.92 Å². The Kier molecular flexibility index (Phi) is 7.65. The van der Waals surface area contributed by atoms with E-state index in [0.717, 1.165) is 24.9 Å². The highest BCUT2D eigenvalue weighted by atomic mass is 35.5. The predicted octanol–water partition coefficient (Wildman–Crippen LogP) is 2.73. The molecule has 0 saturated carbocycles. The Balaban J connectivity index is 1.59. The number of nitrogens with one attached hydrogen (secondary N) is 2. The zero-order chi connectivity index (χ0) is 21.5.